The molecular formula is C23H36. The van der Waals surface area contributed by atoms with Crippen molar-refractivity contribution >= 4 is 0 Å². The third kappa shape index (κ3) is 3.52. The van der Waals surface area contributed by atoms with Crippen LogP contribution in [0.3, 0.4) is 0 Å². The molecule has 2 saturated carbocycles. The monoisotopic (exact) mass is 312 g/mol. The molecule has 0 aliphatic heterocycles. The van der Waals surface area contributed by atoms with Crippen LogP contribution in [0.5, 0.6) is 0 Å². The van der Waals surface area contributed by atoms with Crippen molar-refractivity contribution in [3.05, 3.63) is 33.9 Å². The molecule has 1 atom stereocenters. The summed E-state index contributed by atoms with van der Waals surface area (Å²) < 4.78 is 0. The average Bonchev–Trinajstić information content (AvgIpc) is 2.67. The summed E-state index contributed by atoms with van der Waals surface area (Å²) in [6.07, 6.45) is 17.0. The largest absolute Gasteiger partial charge is 0.0738 e. The molecule has 0 bridgehead atoms. The highest BCUT2D eigenvalue weighted by Crippen LogP contribution is 2.44. The van der Waals surface area contributed by atoms with Crippen molar-refractivity contribution in [2.75, 3.05) is 0 Å². The predicted molar refractivity (Wildman–Crippen MR) is 101 cm³/mol. The van der Waals surface area contributed by atoms with Gasteiger partial charge in [0.2, 0.25) is 0 Å². The molecule has 3 aliphatic rings. The van der Waals surface area contributed by atoms with Crippen LogP contribution in [0.2, 0.25) is 0 Å². The Labute approximate surface area is 144 Å². The first-order valence-electron chi connectivity index (χ1n) is 10.2. The Kier molecular flexibility index (Phi) is 5.49. The van der Waals surface area contributed by atoms with Gasteiger partial charge in [0.25, 0.3) is 0 Å². The zero-order chi connectivity index (χ0) is 16.4. The Morgan fingerprint density at radius 3 is 1.74 bits per heavy atom. The summed E-state index contributed by atoms with van der Waals surface area (Å²) in [6, 6.07) is 0. The number of rotatable bonds is 2. The second kappa shape index (κ2) is 7.41. The smallest absolute Gasteiger partial charge is 0.00370 e. The van der Waals surface area contributed by atoms with Gasteiger partial charge in [-0.15, -0.1) is 0 Å². The van der Waals surface area contributed by atoms with Crippen molar-refractivity contribution in [1.82, 2.24) is 0 Å². The normalized spacial score (nSPS) is 28.9. The zero-order valence-electron chi connectivity index (χ0n) is 15.9. The van der Waals surface area contributed by atoms with E-state index in [-0.39, 0.29) is 0 Å². The fraction of sp³-hybridized carbons (Fsp3) is 0.739. The molecule has 128 valence electrons. The molecule has 0 aromatic rings. The van der Waals surface area contributed by atoms with Gasteiger partial charge in [-0.2, -0.15) is 0 Å². The lowest BCUT2D eigenvalue weighted by Crippen LogP contribution is -2.16. The minimum atomic E-state index is 0.641. The summed E-state index contributed by atoms with van der Waals surface area (Å²) in [5.74, 6) is 2.32. The Balaban J connectivity index is 1.95. The fourth-order valence-corrected chi connectivity index (χ4v) is 5.49. The summed E-state index contributed by atoms with van der Waals surface area (Å²) >= 11 is 0. The topological polar surface area (TPSA) is 0 Å². The molecule has 0 heteroatoms. The van der Waals surface area contributed by atoms with Gasteiger partial charge in [-0.3, -0.25) is 0 Å². The molecule has 0 amide bonds. The molecule has 0 aromatic heterocycles. The van der Waals surface area contributed by atoms with E-state index in [2.05, 4.69) is 33.8 Å². The SMILES string of the molecule is CC1=C(C)C(C)=C(C2CCCCC2)C(C)C=C1C1CCCCC1. The number of hydrogen-bond donors (Lipinski definition) is 0. The van der Waals surface area contributed by atoms with Crippen molar-refractivity contribution < 1.29 is 0 Å². The van der Waals surface area contributed by atoms with E-state index in [1.54, 1.807) is 27.9 Å². The summed E-state index contributed by atoms with van der Waals surface area (Å²) in [5, 5.41) is 0. The highest BCUT2D eigenvalue weighted by molar-refractivity contribution is 5.49. The van der Waals surface area contributed by atoms with E-state index in [1.165, 1.54) is 64.2 Å². The highest BCUT2D eigenvalue weighted by atomic mass is 14.3. The van der Waals surface area contributed by atoms with Gasteiger partial charge >= 0.3 is 0 Å². The van der Waals surface area contributed by atoms with Gasteiger partial charge in [0.15, 0.2) is 0 Å². The molecule has 0 nitrogen and oxygen atoms in total. The summed E-state index contributed by atoms with van der Waals surface area (Å²) in [7, 11) is 0. The van der Waals surface area contributed by atoms with Crippen LogP contribution in [0.4, 0.5) is 0 Å². The second-order valence-electron chi connectivity index (χ2n) is 8.41. The van der Waals surface area contributed by atoms with Crippen LogP contribution >= 0.6 is 0 Å². The highest BCUT2D eigenvalue weighted by Gasteiger charge is 2.28. The zero-order valence-corrected chi connectivity index (χ0v) is 15.9. The third-order valence-electron chi connectivity index (χ3n) is 7.00. The first kappa shape index (κ1) is 17.1. The lowest BCUT2D eigenvalue weighted by atomic mass is 9.76. The maximum atomic E-state index is 2.68. The molecular weight excluding hydrogens is 276 g/mol. The lowest BCUT2D eigenvalue weighted by molar-refractivity contribution is 0.382. The van der Waals surface area contributed by atoms with Gasteiger partial charge < -0.3 is 0 Å². The van der Waals surface area contributed by atoms with E-state index in [4.69, 9.17) is 0 Å². The molecule has 0 saturated heterocycles. The van der Waals surface area contributed by atoms with Crippen LogP contribution in [0.1, 0.15) is 91.9 Å². The Morgan fingerprint density at radius 1 is 0.652 bits per heavy atom. The van der Waals surface area contributed by atoms with Gasteiger partial charge in [-0.25, -0.2) is 0 Å². The minimum Gasteiger partial charge on any atom is -0.0738 e. The summed E-state index contributed by atoms with van der Waals surface area (Å²) in [5.41, 5.74) is 8.31. The van der Waals surface area contributed by atoms with E-state index in [9.17, 15) is 0 Å². The number of allylic oxidation sites excluding steroid dienone is 6. The standard InChI is InChI=1S/C23H36/c1-16-15-22(20-11-7-5-8-12-20)18(3)17(2)19(4)23(16)21-13-9-6-10-14-21/h15-16,20-21H,5-14H2,1-4H3. The van der Waals surface area contributed by atoms with Gasteiger partial charge in [-0.05, 0) is 86.5 Å². The van der Waals surface area contributed by atoms with Crippen LogP contribution < -0.4 is 0 Å². The molecule has 0 radical (unpaired) electrons. The van der Waals surface area contributed by atoms with Crippen LogP contribution in [0, 0.1) is 17.8 Å². The van der Waals surface area contributed by atoms with Crippen LogP contribution in [-0.2, 0) is 0 Å². The van der Waals surface area contributed by atoms with Gasteiger partial charge in [-0.1, -0.05) is 57.1 Å². The van der Waals surface area contributed by atoms with E-state index in [1.807, 2.05) is 0 Å². The van der Waals surface area contributed by atoms with E-state index >= 15 is 0 Å². The maximum Gasteiger partial charge on any atom is -0.00370 e. The van der Waals surface area contributed by atoms with E-state index in [0.717, 1.165) is 11.8 Å². The molecule has 1 unspecified atom stereocenters. The molecule has 0 spiro atoms. The van der Waals surface area contributed by atoms with Gasteiger partial charge in [0.1, 0.15) is 0 Å². The summed E-state index contributed by atoms with van der Waals surface area (Å²) in [4.78, 5) is 0. The van der Waals surface area contributed by atoms with Crippen molar-refractivity contribution in [3.8, 4) is 0 Å². The molecule has 23 heavy (non-hydrogen) atoms. The molecule has 3 aliphatic carbocycles. The number of hydrogen-bond acceptors (Lipinski definition) is 0. The Bertz CT molecular complexity index is 516. The maximum absolute atomic E-state index is 2.68. The van der Waals surface area contributed by atoms with Crippen molar-refractivity contribution in [1.29, 1.82) is 0 Å². The third-order valence-corrected chi connectivity index (χ3v) is 7.00. The Morgan fingerprint density at radius 2 is 1.17 bits per heavy atom. The first-order valence-corrected chi connectivity index (χ1v) is 10.2. The van der Waals surface area contributed by atoms with Crippen LogP contribution in [0.15, 0.2) is 33.9 Å². The predicted octanol–water partition coefficient (Wildman–Crippen LogP) is 7.38. The molecule has 0 N–H and O–H groups in total. The molecule has 2 fully saturated rings. The quantitative estimate of drug-likeness (QED) is 0.499. The van der Waals surface area contributed by atoms with Crippen molar-refractivity contribution in [2.45, 2.75) is 91.9 Å². The minimum absolute atomic E-state index is 0.641. The molecule has 3 rings (SSSR count). The molecule has 0 heterocycles. The second-order valence-corrected chi connectivity index (χ2v) is 8.41. The van der Waals surface area contributed by atoms with Gasteiger partial charge in [0, 0.05) is 0 Å². The Hall–Kier alpha value is -0.780. The molecule has 0 aromatic carbocycles. The lowest BCUT2D eigenvalue weighted by Gasteiger charge is -2.29. The van der Waals surface area contributed by atoms with Gasteiger partial charge in [0.05, 0.1) is 0 Å². The van der Waals surface area contributed by atoms with Crippen LogP contribution in [0.25, 0.3) is 0 Å². The fourth-order valence-electron chi connectivity index (χ4n) is 5.49. The van der Waals surface area contributed by atoms with Crippen LogP contribution in [-0.4, -0.2) is 0 Å². The first-order chi connectivity index (χ1) is 11.1. The average molecular weight is 313 g/mol. The van der Waals surface area contributed by atoms with E-state index < -0.39 is 0 Å². The van der Waals surface area contributed by atoms with Crippen molar-refractivity contribution in [3.63, 3.8) is 0 Å². The van der Waals surface area contributed by atoms with Crippen molar-refractivity contribution in [2.24, 2.45) is 17.8 Å². The summed E-state index contributed by atoms with van der Waals surface area (Å²) in [6.45, 7) is 9.68. The van der Waals surface area contributed by atoms with E-state index in [0.29, 0.717) is 5.92 Å².